The van der Waals surface area contributed by atoms with Crippen LogP contribution >= 0.6 is 11.6 Å². The Morgan fingerprint density at radius 1 is 1.30 bits per heavy atom. The standard InChI is InChI=1S/C13H14ClF3N6/c1-3-8-11-21-20-7(2)23(11)9-6-18-12(14)19-10(9)22(8)5-4-13(15,16)17/h6,8H,3-5H2,1-2H3/t8-/m1/s1. The summed E-state index contributed by atoms with van der Waals surface area (Å²) in [7, 11) is 0. The van der Waals surface area contributed by atoms with Gasteiger partial charge in [-0.25, -0.2) is 4.98 Å². The molecular formula is C13H14ClF3N6. The predicted molar refractivity (Wildman–Crippen MR) is 77.7 cm³/mol. The van der Waals surface area contributed by atoms with Gasteiger partial charge in [0.05, 0.1) is 18.7 Å². The number of halogens is 4. The highest BCUT2D eigenvalue weighted by Gasteiger charge is 2.37. The summed E-state index contributed by atoms with van der Waals surface area (Å²) in [6.45, 7) is 3.43. The number of fused-ring (bicyclic) bond motifs is 3. The second-order valence-corrected chi connectivity index (χ2v) is 5.61. The quantitative estimate of drug-likeness (QED) is 0.798. The molecule has 0 N–H and O–H groups in total. The number of anilines is 1. The van der Waals surface area contributed by atoms with E-state index in [1.54, 1.807) is 16.4 Å². The number of alkyl halides is 3. The molecule has 3 heterocycles. The minimum absolute atomic E-state index is 0.00945. The van der Waals surface area contributed by atoms with Crippen LogP contribution in [0.5, 0.6) is 0 Å². The Morgan fingerprint density at radius 3 is 2.70 bits per heavy atom. The molecule has 124 valence electrons. The van der Waals surface area contributed by atoms with E-state index in [1.807, 2.05) is 6.92 Å². The van der Waals surface area contributed by atoms with E-state index in [1.165, 1.54) is 6.20 Å². The van der Waals surface area contributed by atoms with Crippen LogP contribution in [-0.4, -0.2) is 37.5 Å². The molecule has 1 aliphatic rings. The van der Waals surface area contributed by atoms with Crippen LogP contribution in [0.2, 0.25) is 5.28 Å². The minimum atomic E-state index is -4.25. The summed E-state index contributed by atoms with van der Waals surface area (Å²) in [5.74, 6) is 1.59. The molecule has 1 atom stereocenters. The summed E-state index contributed by atoms with van der Waals surface area (Å²) in [5.41, 5.74) is 0.541. The summed E-state index contributed by atoms with van der Waals surface area (Å²) in [6.07, 6.45) is -3.15. The first kappa shape index (κ1) is 16.0. The summed E-state index contributed by atoms with van der Waals surface area (Å²) >= 11 is 5.85. The van der Waals surface area contributed by atoms with Crippen molar-refractivity contribution in [3.8, 4) is 5.69 Å². The van der Waals surface area contributed by atoms with Crippen LogP contribution in [-0.2, 0) is 0 Å². The third-order valence-corrected chi connectivity index (χ3v) is 3.96. The lowest BCUT2D eigenvalue weighted by Gasteiger charge is -2.37. The maximum absolute atomic E-state index is 12.7. The predicted octanol–water partition coefficient (Wildman–Crippen LogP) is 3.24. The molecule has 0 fully saturated rings. The Hall–Kier alpha value is -1.90. The van der Waals surface area contributed by atoms with Crippen LogP contribution in [0.15, 0.2) is 6.20 Å². The second kappa shape index (κ2) is 5.63. The molecule has 0 unspecified atom stereocenters. The molecule has 2 aromatic heterocycles. The summed E-state index contributed by atoms with van der Waals surface area (Å²) in [5, 5.41) is 8.15. The van der Waals surface area contributed by atoms with Crippen LogP contribution in [0.1, 0.15) is 37.5 Å². The molecule has 0 saturated heterocycles. The highest BCUT2D eigenvalue weighted by Crippen LogP contribution is 2.39. The first-order valence-electron chi connectivity index (χ1n) is 7.10. The van der Waals surface area contributed by atoms with Crippen molar-refractivity contribution in [3.63, 3.8) is 0 Å². The van der Waals surface area contributed by atoms with Crippen molar-refractivity contribution in [1.82, 2.24) is 24.7 Å². The molecular weight excluding hydrogens is 333 g/mol. The Balaban J connectivity index is 2.11. The molecule has 23 heavy (non-hydrogen) atoms. The molecule has 6 nitrogen and oxygen atoms in total. The average Bonchev–Trinajstić information content (AvgIpc) is 2.85. The van der Waals surface area contributed by atoms with Gasteiger partial charge >= 0.3 is 6.18 Å². The minimum Gasteiger partial charge on any atom is -0.344 e. The van der Waals surface area contributed by atoms with E-state index in [9.17, 15) is 13.2 Å². The van der Waals surface area contributed by atoms with E-state index < -0.39 is 12.6 Å². The number of aromatic nitrogens is 5. The smallest absolute Gasteiger partial charge is 0.344 e. The maximum atomic E-state index is 12.7. The van der Waals surface area contributed by atoms with E-state index >= 15 is 0 Å². The van der Waals surface area contributed by atoms with Crippen molar-refractivity contribution in [1.29, 1.82) is 0 Å². The van der Waals surface area contributed by atoms with Crippen molar-refractivity contribution in [2.45, 2.75) is 38.9 Å². The molecule has 3 rings (SSSR count). The molecule has 0 saturated carbocycles. The molecule has 10 heteroatoms. The van der Waals surface area contributed by atoms with Gasteiger partial charge in [0.15, 0.2) is 11.6 Å². The third-order valence-electron chi connectivity index (χ3n) is 3.78. The van der Waals surface area contributed by atoms with Crippen molar-refractivity contribution >= 4 is 17.4 Å². The van der Waals surface area contributed by atoms with Crippen LogP contribution in [0.25, 0.3) is 5.69 Å². The lowest BCUT2D eigenvalue weighted by atomic mass is 10.1. The fourth-order valence-corrected chi connectivity index (χ4v) is 2.93. The molecule has 1 aliphatic heterocycles. The Morgan fingerprint density at radius 2 is 2.04 bits per heavy atom. The van der Waals surface area contributed by atoms with Gasteiger partial charge < -0.3 is 4.90 Å². The van der Waals surface area contributed by atoms with Gasteiger partial charge in [0.2, 0.25) is 5.28 Å². The molecule has 0 aromatic carbocycles. The Labute approximate surface area is 135 Å². The van der Waals surface area contributed by atoms with E-state index in [2.05, 4.69) is 20.2 Å². The first-order chi connectivity index (χ1) is 10.8. The number of rotatable bonds is 3. The number of aryl methyl sites for hydroxylation is 1. The summed E-state index contributed by atoms with van der Waals surface area (Å²) in [4.78, 5) is 9.67. The molecule has 0 aliphatic carbocycles. The number of nitrogens with zero attached hydrogens (tertiary/aromatic N) is 6. The second-order valence-electron chi connectivity index (χ2n) is 5.27. The summed E-state index contributed by atoms with van der Waals surface area (Å²) < 4.78 is 39.8. The Bertz CT molecular complexity index is 729. The zero-order valence-corrected chi connectivity index (χ0v) is 13.2. The zero-order chi connectivity index (χ0) is 16.8. The number of hydrogen-bond acceptors (Lipinski definition) is 5. The fraction of sp³-hybridized carbons (Fsp3) is 0.538. The van der Waals surface area contributed by atoms with Crippen molar-refractivity contribution in [3.05, 3.63) is 23.1 Å². The fourth-order valence-electron chi connectivity index (χ4n) is 2.81. The maximum Gasteiger partial charge on any atom is 0.390 e. The van der Waals surface area contributed by atoms with Crippen molar-refractivity contribution in [2.24, 2.45) is 0 Å². The molecule has 0 spiro atoms. The monoisotopic (exact) mass is 346 g/mol. The molecule has 0 amide bonds. The van der Waals surface area contributed by atoms with Gasteiger partial charge in [-0.3, -0.25) is 4.57 Å². The largest absolute Gasteiger partial charge is 0.390 e. The first-order valence-corrected chi connectivity index (χ1v) is 7.48. The highest BCUT2D eigenvalue weighted by atomic mass is 35.5. The van der Waals surface area contributed by atoms with Crippen molar-refractivity contribution in [2.75, 3.05) is 11.4 Å². The Kier molecular flexibility index (Phi) is 3.91. The van der Waals surface area contributed by atoms with E-state index in [0.717, 1.165) is 0 Å². The third kappa shape index (κ3) is 2.85. The average molecular weight is 347 g/mol. The van der Waals surface area contributed by atoms with E-state index in [-0.39, 0.29) is 17.9 Å². The van der Waals surface area contributed by atoms with Gasteiger partial charge in [-0.1, -0.05) is 6.92 Å². The summed E-state index contributed by atoms with van der Waals surface area (Å²) in [6, 6.07) is -0.350. The van der Waals surface area contributed by atoms with Crippen LogP contribution in [0.4, 0.5) is 19.0 Å². The highest BCUT2D eigenvalue weighted by molar-refractivity contribution is 6.28. The van der Waals surface area contributed by atoms with Gasteiger partial charge in [0, 0.05) is 6.54 Å². The molecule has 0 bridgehead atoms. The van der Waals surface area contributed by atoms with E-state index in [4.69, 9.17) is 11.6 Å². The lowest BCUT2D eigenvalue weighted by molar-refractivity contribution is -0.132. The van der Waals surface area contributed by atoms with Gasteiger partial charge in [0.1, 0.15) is 11.5 Å². The zero-order valence-electron chi connectivity index (χ0n) is 12.5. The topological polar surface area (TPSA) is 59.7 Å². The van der Waals surface area contributed by atoms with E-state index in [0.29, 0.717) is 29.6 Å². The van der Waals surface area contributed by atoms with Crippen molar-refractivity contribution < 1.29 is 13.2 Å². The molecule has 0 radical (unpaired) electrons. The normalized spacial score (nSPS) is 17.1. The van der Waals surface area contributed by atoms with Gasteiger partial charge in [-0.2, -0.15) is 18.2 Å². The van der Waals surface area contributed by atoms with Gasteiger partial charge in [-0.15, -0.1) is 10.2 Å². The lowest BCUT2D eigenvalue weighted by Crippen LogP contribution is -2.38. The molecule has 2 aromatic rings. The SMILES string of the molecule is CC[C@@H]1c2nnc(C)n2-c2cnc(Cl)nc2N1CCC(F)(F)F. The number of hydrogen-bond donors (Lipinski definition) is 0. The van der Waals surface area contributed by atoms with Gasteiger partial charge in [-0.05, 0) is 24.9 Å². The van der Waals surface area contributed by atoms with Crippen LogP contribution in [0, 0.1) is 6.92 Å². The van der Waals surface area contributed by atoms with Crippen LogP contribution < -0.4 is 4.90 Å². The van der Waals surface area contributed by atoms with Gasteiger partial charge in [0.25, 0.3) is 0 Å². The van der Waals surface area contributed by atoms with Crippen LogP contribution in [0.3, 0.4) is 0 Å².